The molecule has 7 rings (SSSR count). The molecule has 0 unspecified atom stereocenters. The molecule has 0 bridgehead atoms. The summed E-state index contributed by atoms with van der Waals surface area (Å²) in [6, 6.07) is 29.7. The van der Waals surface area contributed by atoms with Crippen LogP contribution >= 0.6 is 0 Å². The molecule has 0 amide bonds. The zero-order chi connectivity index (χ0) is 30.6. The van der Waals surface area contributed by atoms with Crippen LogP contribution in [0.25, 0.3) is 67.3 Å². The van der Waals surface area contributed by atoms with Gasteiger partial charge in [-0.3, -0.25) is 0 Å². The normalized spacial score (nSPS) is 17.8. The van der Waals surface area contributed by atoms with Crippen molar-refractivity contribution in [2.45, 2.75) is 6.92 Å². The molecule has 0 fully saturated rings. The standard InChI is InChI=1S/C43H32O2/c1-3-13-30(14-4-2)33-21-23-34(24-22-33)35-25-26-37-39-28-27-38-36-19-12-11-18-32(31-15-7-5-8-16-31)17-9-6-10-20-40(36)44-42(38)43(39)45-41(37)29-35/h3-29H,1H2,2H3/b9-6+,10-6?,12-11?,14-4-,17-9?,18-11-,19-12-,20-10+,30-13+,32-17+,32-18?,36-19?,40-20?. The van der Waals surface area contributed by atoms with E-state index < -0.39 is 0 Å². The van der Waals surface area contributed by atoms with Gasteiger partial charge in [-0.1, -0.05) is 140 Å². The van der Waals surface area contributed by atoms with E-state index in [1.54, 1.807) is 0 Å². The summed E-state index contributed by atoms with van der Waals surface area (Å²) in [5.74, 6) is 0.795. The molecule has 216 valence electrons. The third kappa shape index (κ3) is 5.50. The van der Waals surface area contributed by atoms with Crippen LogP contribution in [-0.2, 0) is 0 Å². The van der Waals surface area contributed by atoms with E-state index >= 15 is 0 Å². The van der Waals surface area contributed by atoms with E-state index in [9.17, 15) is 0 Å². The molecule has 0 atom stereocenters. The van der Waals surface area contributed by atoms with E-state index in [1.165, 1.54) is 5.56 Å². The summed E-state index contributed by atoms with van der Waals surface area (Å²) in [7, 11) is 0. The van der Waals surface area contributed by atoms with Gasteiger partial charge in [-0.2, -0.15) is 0 Å². The summed E-state index contributed by atoms with van der Waals surface area (Å²) in [6.45, 7) is 5.87. The van der Waals surface area contributed by atoms with Crippen LogP contribution < -0.4 is 0 Å². The van der Waals surface area contributed by atoms with Gasteiger partial charge in [0.25, 0.3) is 0 Å². The fourth-order valence-electron chi connectivity index (χ4n) is 5.87. The summed E-state index contributed by atoms with van der Waals surface area (Å²) in [5, 5.41) is 3.13. The molecule has 2 nitrogen and oxygen atoms in total. The molecule has 2 aromatic heterocycles. The maximum absolute atomic E-state index is 6.54. The number of furan rings is 2. The predicted octanol–water partition coefficient (Wildman–Crippen LogP) is 12.4. The largest absolute Gasteiger partial charge is 0.452 e. The topological polar surface area (TPSA) is 26.3 Å². The Morgan fingerprint density at radius 3 is 2.20 bits per heavy atom. The monoisotopic (exact) mass is 580 g/mol. The Kier molecular flexibility index (Phi) is 7.70. The van der Waals surface area contributed by atoms with E-state index in [1.807, 2.05) is 49.4 Å². The molecule has 2 heterocycles. The van der Waals surface area contributed by atoms with E-state index in [-0.39, 0.29) is 0 Å². The molecule has 0 saturated heterocycles. The average molecular weight is 581 g/mol. The van der Waals surface area contributed by atoms with E-state index in [4.69, 9.17) is 8.83 Å². The van der Waals surface area contributed by atoms with Gasteiger partial charge in [0.1, 0.15) is 11.3 Å². The van der Waals surface area contributed by atoms with Gasteiger partial charge in [0.05, 0.1) is 0 Å². The van der Waals surface area contributed by atoms with Crippen molar-refractivity contribution in [1.82, 2.24) is 0 Å². The Balaban J connectivity index is 1.26. The molecule has 45 heavy (non-hydrogen) atoms. The summed E-state index contributed by atoms with van der Waals surface area (Å²) in [5.41, 5.74) is 10.2. The van der Waals surface area contributed by atoms with Gasteiger partial charge >= 0.3 is 0 Å². The molecule has 1 aliphatic rings. The summed E-state index contributed by atoms with van der Waals surface area (Å²) in [4.78, 5) is 0. The van der Waals surface area contributed by atoms with Gasteiger partial charge in [-0.15, -0.1) is 0 Å². The Bertz CT molecular complexity index is 2250. The number of hydrogen-bond donors (Lipinski definition) is 0. The van der Waals surface area contributed by atoms with Crippen LogP contribution in [0.15, 0.2) is 167 Å². The third-order valence-corrected chi connectivity index (χ3v) is 8.06. The van der Waals surface area contributed by atoms with Crippen LogP contribution in [0.1, 0.15) is 29.4 Å². The lowest BCUT2D eigenvalue weighted by atomic mass is 9.99. The number of fused-ring (bicyclic) bond motifs is 7. The first-order valence-electron chi connectivity index (χ1n) is 15.2. The highest BCUT2D eigenvalue weighted by Gasteiger charge is 2.18. The van der Waals surface area contributed by atoms with Gasteiger partial charge in [0, 0.05) is 21.7 Å². The summed E-state index contributed by atoms with van der Waals surface area (Å²) >= 11 is 0. The smallest absolute Gasteiger partial charge is 0.178 e. The maximum atomic E-state index is 6.54. The highest BCUT2D eigenvalue weighted by molar-refractivity contribution is 6.15. The van der Waals surface area contributed by atoms with Crippen molar-refractivity contribution in [3.63, 3.8) is 0 Å². The molecule has 0 spiro atoms. The van der Waals surface area contributed by atoms with E-state index in [0.29, 0.717) is 0 Å². The summed E-state index contributed by atoms with van der Waals surface area (Å²) in [6.07, 6.45) is 26.6. The fourth-order valence-corrected chi connectivity index (χ4v) is 5.87. The lowest BCUT2D eigenvalue weighted by Gasteiger charge is -2.06. The first kappa shape index (κ1) is 27.9. The van der Waals surface area contributed by atoms with Gasteiger partial charge in [-0.05, 0) is 70.7 Å². The van der Waals surface area contributed by atoms with Crippen LogP contribution in [0.5, 0.6) is 0 Å². The zero-order valence-electron chi connectivity index (χ0n) is 25.1. The minimum Gasteiger partial charge on any atom is -0.452 e. The minimum absolute atomic E-state index is 0.755. The Morgan fingerprint density at radius 1 is 0.644 bits per heavy atom. The van der Waals surface area contributed by atoms with Crippen LogP contribution in [-0.4, -0.2) is 0 Å². The Hall–Kier alpha value is -5.86. The fraction of sp³-hybridized carbons (Fsp3) is 0.0233. The van der Waals surface area contributed by atoms with Crippen molar-refractivity contribution in [2.24, 2.45) is 0 Å². The van der Waals surface area contributed by atoms with Crippen molar-refractivity contribution in [2.75, 3.05) is 0 Å². The van der Waals surface area contributed by atoms with E-state index in [2.05, 4.69) is 128 Å². The summed E-state index contributed by atoms with van der Waals surface area (Å²) < 4.78 is 13.0. The second-order valence-corrected chi connectivity index (χ2v) is 10.9. The molecule has 0 saturated carbocycles. The van der Waals surface area contributed by atoms with Crippen molar-refractivity contribution in [3.8, 4) is 11.1 Å². The quantitative estimate of drug-likeness (QED) is 0.190. The van der Waals surface area contributed by atoms with Gasteiger partial charge < -0.3 is 8.83 Å². The molecule has 6 aromatic rings. The van der Waals surface area contributed by atoms with Gasteiger partial charge in [-0.25, -0.2) is 0 Å². The first-order valence-corrected chi connectivity index (χ1v) is 15.2. The first-order chi connectivity index (χ1) is 22.2. The molecule has 0 N–H and O–H groups in total. The molecule has 4 aromatic carbocycles. The van der Waals surface area contributed by atoms with Crippen molar-refractivity contribution in [1.29, 1.82) is 0 Å². The number of rotatable bonds is 5. The molecule has 1 aliphatic carbocycles. The van der Waals surface area contributed by atoms with Crippen LogP contribution in [0, 0.1) is 0 Å². The molecule has 0 radical (unpaired) electrons. The number of benzene rings is 4. The predicted molar refractivity (Wildman–Crippen MR) is 193 cm³/mol. The van der Waals surface area contributed by atoms with Crippen molar-refractivity contribution in [3.05, 3.63) is 181 Å². The second-order valence-electron chi connectivity index (χ2n) is 10.9. The Morgan fingerprint density at radius 2 is 1.38 bits per heavy atom. The Labute approximate surface area is 263 Å². The number of allylic oxidation sites excluding steroid dienone is 13. The second kappa shape index (κ2) is 12.4. The van der Waals surface area contributed by atoms with Crippen LogP contribution in [0.3, 0.4) is 0 Å². The SMILES string of the molecule is C=C/C=C(\C=C/C)c1ccc(-c2ccc3c(c2)oc2c3ccc3c4c(oc32)/C=C/C=C/C=C(c2ccccc2)\C=C/C=C\4)cc1. The average Bonchev–Trinajstić information content (AvgIpc) is 3.62. The van der Waals surface area contributed by atoms with Gasteiger partial charge in [0.15, 0.2) is 11.2 Å². The van der Waals surface area contributed by atoms with Crippen LogP contribution in [0.2, 0.25) is 0 Å². The molecular weight excluding hydrogens is 548 g/mol. The van der Waals surface area contributed by atoms with Crippen molar-refractivity contribution >= 4 is 56.2 Å². The van der Waals surface area contributed by atoms with E-state index in [0.717, 1.165) is 72.1 Å². The minimum atomic E-state index is 0.755. The highest BCUT2D eigenvalue weighted by atomic mass is 16.4. The lowest BCUT2D eigenvalue weighted by Crippen LogP contribution is -1.83. The number of hydrogen-bond acceptors (Lipinski definition) is 2. The lowest BCUT2D eigenvalue weighted by molar-refractivity contribution is 0.590. The molecule has 0 aliphatic heterocycles. The maximum Gasteiger partial charge on any atom is 0.178 e. The highest BCUT2D eigenvalue weighted by Crippen LogP contribution is 2.39. The molecule has 2 heteroatoms. The van der Waals surface area contributed by atoms with Gasteiger partial charge in [0.2, 0.25) is 0 Å². The van der Waals surface area contributed by atoms with Crippen molar-refractivity contribution < 1.29 is 8.83 Å². The van der Waals surface area contributed by atoms with Crippen LogP contribution in [0.4, 0.5) is 0 Å². The third-order valence-electron chi connectivity index (χ3n) is 8.06. The zero-order valence-corrected chi connectivity index (χ0v) is 25.1. The molecular formula is C43H32O2.